The Balaban J connectivity index is 2.05. The van der Waals surface area contributed by atoms with Gasteiger partial charge in [-0.15, -0.1) is 0 Å². The van der Waals surface area contributed by atoms with E-state index in [0.29, 0.717) is 12.0 Å². The molecule has 2 atom stereocenters. The Hall–Kier alpha value is -0.580. The summed E-state index contributed by atoms with van der Waals surface area (Å²) in [6.07, 6.45) is 5.65. The summed E-state index contributed by atoms with van der Waals surface area (Å²) in [4.78, 5) is 14.1. The highest BCUT2D eigenvalue weighted by atomic mass is 32.2. The maximum Gasteiger partial charge on any atom is 0.238 e. The number of piperidine rings is 1. The van der Waals surface area contributed by atoms with Crippen LogP contribution in [-0.2, 0) is 14.6 Å². The van der Waals surface area contributed by atoms with Gasteiger partial charge in [-0.2, -0.15) is 0 Å². The van der Waals surface area contributed by atoms with E-state index < -0.39 is 15.1 Å². The van der Waals surface area contributed by atoms with Crippen LogP contribution in [0.2, 0.25) is 0 Å². The highest BCUT2D eigenvalue weighted by molar-refractivity contribution is 7.92. The topological polar surface area (TPSA) is 54.5 Å². The number of rotatable bonds is 3. The van der Waals surface area contributed by atoms with Crippen LogP contribution >= 0.6 is 0 Å². The molecule has 18 heavy (non-hydrogen) atoms. The summed E-state index contributed by atoms with van der Waals surface area (Å²) in [5.74, 6) is 0.123. The molecule has 5 heteroatoms. The number of sulfone groups is 1. The number of hydrogen-bond acceptors (Lipinski definition) is 3. The lowest BCUT2D eigenvalue weighted by atomic mass is 9.92. The Labute approximate surface area is 110 Å². The number of fused-ring (bicyclic) bond motifs is 1. The largest absolute Gasteiger partial charge is 0.339 e. The number of amides is 1. The highest BCUT2D eigenvalue weighted by Crippen LogP contribution is 2.36. The minimum absolute atomic E-state index is 0.180. The zero-order chi connectivity index (χ0) is 13.3. The summed E-state index contributed by atoms with van der Waals surface area (Å²) in [7, 11) is -3.27. The lowest BCUT2D eigenvalue weighted by Crippen LogP contribution is -2.48. The molecule has 2 aliphatic rings. The van der Waals surface area contributed by atoms with E-state index in [1.54, 1.807) is 13.8 Å². The van der Waals surface area contributed by atoms with E-state index in [2.05, 4.69) is 0 Å². The van der Waals surface area contributed by atoms with Crippen LogP contribution in [0.25, 0.3) is 0 Å². The van der Waals surface area contributed by atoms with Gasteiger partial charge in [0, 0.05) is 12.6 Å². The fourth-order valence-electron chi connectivity index (χ4n) is 3.19. The summed E-state index contributed by atoms with van der Waals surface area (Å²) in [6.45, 7) is 4.02. The fraction of sp³-hybridized carbons (Fsp3) is 0.923. The molecule has 104 valence electrons. The number of nitrogens with zero attached hydrogens (tertiary/aromatic N) is 1. The van der Waals surface area contributed by atoms with Crippen molar-refractivity contribution in [3.8, 4) is 0 Å². The molecule has 0 aromatic rings. The Bertz CT molecular complexity index is 416. The van der Waals surface area contributed by atoms with Crippen LogP contribution in [0.4, 0.5) is 0 Å². The third-order valence-corrected chi connectivity index (χ3v) is 6.44. The SMILES string of the molecule is CC(C)S(=O)(=O)CC(=O)N1CCC[C@@H]2CCC[C@@H]21. The molecule has 0 aromatic carbocycles. The Kier molecular flexibility index (Phi) is 3.99. The Morgan fingerprint density at radius 3 is 2.56 bits per heavy atom. The molecular formula is C13H23NO3S. The van der Waals surface area contributed by atoms with Crippen LogP contribution < -0.4 is 0 Å². The molecule has 2 rings (SSSR count). The van der Waals surface area contributed by atoms with Gasteiger partial charge in [0.05, 0.1) is 5.25 Å². The van der Waals surface area contributed by atoms with Gasteiger partial charge in [-0.3, -0.25) is 4.79 Å². The second kappa shape index (κ2) is 5.19. The van der Waals surface area contributed by atoms with Crippen LogP contribution in [-0.4, -0.2) is 42.8 Å². The van der Waals surface area contributed by atoms with Crippen molar-refractivity contribution in [1.29, 1.82) is 0 Å². The summed E-state index contributed by atoms with van der Waals surface area (Å²) in [6, 6.07) is 0.314. The molecular weight excluding hydrogens is 250 g/mol. The van der Waals surface area contributed by atoms with Crippen molar-refractivity contribution in [2.24, 2.45) is 5.92 Å². The van der Waals surface area contributed by atoms with Gasteiger partial charge in [-0.05, 0) is 45.4 Å². The number of likely N-dealkylation sites (tertiary alicyclic amines) is 1. The molecule has 0 spiro atoms. The van der Waals surface area contributed by atoms with Crippen molar-refractivity contribution in [2.75, 3.05) is 12.3 Å². The first kappa shape index (κ1) is 13.8. The molecule has 1 amide bonds. The quantitative estimate of drug-likeness (QED) is 0.785. The summed E-state index contributed by atoms with van der Waals surface area (Å²) in [5.41, 5.74) is 0. The van der Waals surface area contributed by atoms with E-state index >= 15 is 0 Å². The molecule has 0 aromatic heterocycles. The monoisotopic (exact) mass is 273 g/mol. The smallest absolute Gasteiger partial charge is 0.238 e. The van der Waals surface area contributed by atoms with E-state index in [-0.39, 0.29) is 11.7 Å². The van der Waals surface area contributed by atoms with Crippen LogP contribution in [0.5, 0.6) is 0 Å². The molecule has 0 bridgehead atoms. The van der Waals surface area contributed by atoms with E-state index in [1.165, 1.54) is 19.3 Å². The minimum atomic E-state index is -3.27. The van der Waals surface area contributed by atoms with Crippen molar-refractivity contribution < 1.29 is 13.2 Å². The van der Waals surface area contributed by atoms with Gasteiger partial charge in [0.1, 0.15) is 5.75 Å². The first-order valence-corrected chi connectivity index (χ1v) is 8.64. The van der Waals surface area contributed by atoms with Gasteiger partial charge in [0.2, 0.25) is 5.91 Å². The predicted octanol–water partition coefficient (Wildman–Crippen LogP) is 1.60. The zero-order valence-corrected chi connectivity index (χ0v) is 12.1. The first-order valence-electron chi connectivity index (χ1n) is 6.93. The molecule has 0 radical (unpaired) electrons. The van der Waals surface area contributed by atoms with E-state index in [0.717, 1.165) is 19.4 Å². The Morgan fingerprint density at radius 1 is 1.22 bits per heavy atom. The van der Waals surface area contributed by atoms with Crippen molar-refractivity contribution in [3.63, 3.8) is 0 Å². The number of hydrogen-bond donors (Lipinski definition) is 0. The molecule has 0 N–H and O–H groups in total. The fourth-order valence-corrected chi connectivity index (χ4v) is 4.03. The van der Waals surface area contributed by atoms with E-state index in [9.17, 15) is 13.2 Å². The van der Waals surface area contributed by atoms with Gasteiger partial charge in [-0.1, -0.05) is 6.42 Å². The standard InChI is InChI=1S/C13H23NO3S/c1-10(2)18(16,17)9-13(15)14-8-4-6-11-5-3-7-12(11)14/h10-12H,3-9H2,1-2H3/t11-,12-/m0/s1. The summed E-state index contributed by atoms with van der Waals surface area (Å²) in [5, 5.41) is -0.467. The van der Waals surface area contributed by atoms with E-state index in [1.807, 2.05) is 4.90 Å². The maximum absolute atomic E-state index is 12.2. The van der Waals surface area contributed by atoms with Crippen molar-refractivity contribution in [1.82, 2.24) is 4.90 Å². The zero-order valence-electron chi connectivity index (χ0n) is 11.3. The summed E-state index contributed by atoms with van der Waals surface area (Å²) < 4.78 is 23.7. The normalized spacial score (nSPS) is 28.5. The van der Waals surface area contributed by atoms with E-state index in [4.69, 9.17) is 0 Å². The number of carbonyl (C=O) groups is 1. The minimum Gasteiger partial charge on any atom is -0.339 e. The van der Waals surface area contributed by atoms with Gasteiger partial charge in [-0.25, -0.2) is 8.42 Å². The molecule has 0 unspecified atom stereocenters. The molecule has 2 fully saturated rings. The van der Waals surface area contributed by atoms with Gasteiger partial charge in [0.15, 0.2) is 9.84 Å². The van der Waals surface area contributed by atoms with Crippen LogP contribution in [0, 0.1) is 5.92 Å². The van der Waals surface area contributed by atoms with Crippen LogP contribution in [0.3, 0.4) is 0 Å². The van der Waals surface area contributed by atoms with Crippen LogP contribution in [0.15, 0.2) is 0 Å². The van der Waals surface area contributed by atoms with Gasteiger partial charge >= 0.3 is 0 Å². The van der Waals surface area contributed by atoms with Gasteiger partial charge < -0.3 is 4.90 Å². The second-order valence-corrected chi connectivity index (χ2v) is 8.40. The average molecular weight is 273 g/mol. The molecule has 1 aliphatic carbocycles. The predicted molar refractivity (Wildman–Crippen MR) is 71.0 cm³/mol. The molecule has 1 heterocycles. The molecule has 4 nitrogen and oxygen atoms in total. The number of carbonyl (C=O) groups excluding carboxylic acids is 1. The highest BCUT2D eigenvalue weighted by Gasteiger charge is 2.38. The Morgan fingerprint density at radius 2 is 1.89 bits per heavy atom. The second-order valence-electron chi connectivity index (χ2n) is 5.84. The lowest BCUT2D eigenvalue weighted by Gasteiger charge is -2.37. The third-order valence-electron chi connectivity index (χ3n) is 4.36. The summed E-state index contributed by atoms with van der Waals surface area (Å²) >= 11 is 0. The maximum atomic E-state index is 12.2. The molecule has 1 aliphatic heterocycles. The first-order chi connectivity index (χ1) is 8.42. The average Bonchev–Trinajstić information content (AvgIpc) is 2.75. The van der Waals surface area contributed by atoms with Gasteiger partial charge in [0.25, 0.3) is 0 Å². The van der Waals surface area contributed by atoms with Crippen molar-refractivity contribution in [2.45, 2.75) is 57.2 Å². The molecule has 1 saturated carbocycles. The molecule has 1 saturated heterocycles. The van der Waals surface area contributed by atoms with Crippen molar-refractivity contribution >= 4 is 15.7 Å². The van der Waals surface area contributed by atoms with Crippen LogP contribution in [0.1, 0.15) is 46.0 Å². The lowest BCUT2D eigenvalue weighted by molar-refractivity contribution is -0.133. The third kappa shape index (κ3) is 2.71. The van der Waals surface area contributed by atoms with Crippen molar-refractivity contribution in [3.05, 3.63) is 0 Å².